The highest BCUT2D eigenvalue weighted by Gasteiger charge is 2.19. The molecule has 21 heavy (non-hydrogen) atoms. The number of pyridine rings is 1. The van der Waals surface area contributed by atoms with Crippen LogP contribution in [0.1, 0.15) is 28.6 Å². The Balaban J connectivity index is 2.26. The topological polar surface area (TPSA) is 41.7 Å². The van der Waals surface area contributed by atoms with Crippen LogP contribution in [0, 0.1) is 0 Å². The lowest BCUT2D eigenvalue weighted by atomic mass is 10.0. The van der Waals surface area contributed by atoms with E-state index in [1.165, 1.54) is 16.1 Å². The summed E-state index contributed by atoms with van der Waals surface area (Å²) >= 11 is 1.73. The van der Waals surface area contributed by atoms with Crippen LogP contribution in [0.4, 0.5) is 0 Å². The third-order valence-corrected chi connectivity index (χ3v) is 4.70. The zero-order chi connectivity index (χ0) is 14.8. The second-order valence-electron chi connectivity index (χ2n) is 5.00. The van der Waals surface area contributed by atoms with E-state index in [4.69, 9.17) is 0 Å². The van der Waals surface area contributed by atoms with Crippen LogP contribution in [0.5, 0.6) is 5.75 Å². The van der Waals surface area contributed by atoms with Gasteiger partial charge in [-0.15, -0.1) is 11.3 Å². The molecule has 0 bridgehead atoms. The van der Waals surface area contributed by atoms with Crippen LogP contribution < -0.4 is 0 Å². The molecular weight excluding hydrogens is 282 g/mol. The molecule has 3 nitrogen and oxygen atoms in total. The van der Waals surface area contributed by atoms with E-state index in [1.807, 2.05) is 22.7 Å². The molecule has 1 N–H and O–H groups in total. The standard InChI is InChI=1S/C17H17NO2S/c1-2-13-14(7-9-19)17-16(20)6-3-8-18(17)15(13)11-12-5-4-10-21-12/h3-6,8-10,20H,2,7,11H2,1H3. The third kappa shape index (κ3) is 2.36. The Hall–Kier alpha value is -2.07. The van der Waals surface area contributed by atoms with Gasteiger partial charge in [0.15, 0.2) is 0 Å². The van der Waals surface area contributed by atoms with Crippen LogP contribution in [0.15, 0.2) is 35.8 Å². The van der Waals surface area contributed by atoms with Crippen molar-refractivity contribution in [3.63, 3.8) is 0 Å². The van der Waals surface area contributed by atoms with Gasteiger partial charge in [0.2, 0.25) is 0 Å². The molecule has 4 heteroatoms. The Kier molecular flexibility index (Phi) is 3.80. The highest BCUT2D eigenvalue weighted by Crippen LogP contribution is 2.32. The number of rotatable bonds is 5. The van der Waals surface area contributed by atoms with Crippen molar-refractivity contribution in [2.75, 3.05) is 0 Å². The Morgan fingerprint density at radius 2 is 2.14 bits per heavy atom. The first-order chi connectivity index (χ1) is 10.3. The lowest BCUT2D eigenvalue weighted by Crippen LogP contribution is -1.97. The first kappa shape index (κ1) is 13.9. The molecule has 0 radical (unpaired) electrons. The predicted molar refractivity (Wildman–Crippen MR) is 85.3 cm³/mol. The summed E-state index contributed by atoms with van der Waals surface area (Å²) in [4.78, 5) is 12.3. The van der Waals surface area contributed by atoms with Crippen molar-refractivity contribution in [1.29, 1.82) is 0 Å². The molecule has 0 saturated carbocycles. The van der Waals surface area contributed by atoms with Crippen LogP contribution >= 0.6 is 11.3 Å². The van der Waals surface area contributed by atoms with Crippen molar-refractivity contribution < 1.29 is 9.90 Å². The van der Waals surface area contributed by atoms with Crippen LogP contribution in [0.25, 0.3) is 5.52 Å². The normalized spacial score (nSPS) is 11.1. The minimum Gasteiger partial charge on any atom is -0.506 e. The van der Waals surface area contributed by atoms with Gasteiger partial charge >= 0.3 is 0 Å². The second-order valence-corrected chi connectivity index (χ2v) is 6.03. The molecule has 0 unspecified atom stereocenters. The molecule has 0 saturated heterocycles. The molecular formula is C17H17NO2S. The van der Waals surface area contributed by atoms with Gasteiger partial charge in [0, 0.05) is 29.6 Å². The summed E-state index contributed by atoms with van der Waals surface area (Å²) in [5.41, 5.74) is 4.07. The van der Waals surface area contributed by atoms with E-state index >= 15 is 0 Å². The minimum atomic E-state index is 0.237. The Labute approximate surface area is 127 Å². The van der Waals surface area contributed by atoms with Crippen LogP contribution in [0.2, 0.25) is 0 Å². The number of fused-ring (bicyclic) bond motifs is 1. The predicted octanol–water partition coefficient (Wildman–Crippen LogP) is 3.60. The summed E-state index contributed by atoms with van der Waals surface area (Å²) in [7, 11) is 0. The largest absolute Gasteiger partial charge is 0.506 e. The van der Waals surface area contributed by atoms with Crippen LogP contribution in [-0.4, -0.2) is 15.8 Å². The molecule has 0 amide bonds. The molecule has 108 valence electrons. The molecule has 3 aromatic rings. The van der Waals surface area contributed by atoms with Crippen molar-refractivity contribution in [3.8, 4) is 5.75 Å². The zero-order valence-electron chi connectivity index (χ0n) is 11.9. The quantitative estimate of drug-likeness (QED) is 0.731. The van der Waals surface area contributed by atoms with Crippen molar-refractivity contribution in [3.05, 3.63) is 57.5 Å². The summed E-state index contributed by atoms with van der Waals surface area (Å²) in [6.07, 6.45) is 4.89. The lowest BCUT2D eigenvalue weighted by Gasteiger charge is -2.04. The van der Waals surface area contributed by atoms with E-state index in [1.54, 1.807) is 17.4 Å². The molecule has 0 fully saturated rings. The molecule has 0 aliphatic heterocycles. The van der Waals surface area contributed by atoms with Gasteiger partial charge in [0.1, 0.15) is 12.0 Å². The number of hydrogen-bond acceptors (Lipinski definition) is 3. The monoisotopic (exact) mass is 299 g/mol. The van der Waals surface area contributed by atoms with E-state index in [-0.39, 0.29) is 5.75 Å². The highest BCUT2D eigenvalue weighted by atomic mass is 32.1. The number of thiophene rings is 1. The average molecular weight is 299 g/mol. The van der Waals surface area contributed by atoms with Crippen LogP contribution in [0.3, 0.4) is 0 Å². The van der Waals surface area contributed by atoms with E-state index < -0.39 is 0 Å². The number of hydrogen-bond donors (Lipinski definition) is 1. The highest BCUT2D eigenvalue weighted by molar-refractivity contribution is 7.09. The number of carbonyl (C=O) groups excluding carboxylic acids is 1. The fraction of sp³-hybridized carbons (Fsp3) is 0.235. The van der Waals surface area contributed by atoms with Gasteiger partial charge in [0.05, 0.1) is 5.52 Å². The van der Waals surface area contributed by atoms with Gasteiger partial charge in [-0.3, -0.25) is 0 Å². The second kappa shape index (κ2) is 5.74. The summed E-state index contributed by atoms with van der Waals surface area (Å²) in [6, 6.07) is 7.68. The first-order valence-corrected chi connectivity index (χ1v) is 7.92. The summed E-state index contributed by atoms with van der Waals surface area (Å²) in [6.45, 7) is 2.10. The first-order valence-electron chi connectivity index (χ1n) is 7.04. The smallest absolute Gasteiger partial charge is 0.139 e. The number of nitrogens with zero attached hydrogens (tertiary/aromatic N) is 1. The van der Waals surface area contributed by atoms with E-state index in [0.29, 0.717) is 6.42 Å². The van der Waals surface area contributed by atoms with Crippen molar-refractivity contribution in [2.24, 2.45) is 0 Å². The number of aromatic nitrogens is 1. The van der Waals surface area contributed by atoms with Crippen molar-refractivity contribution in [2.45, 2.75) is 26.2 Å². The molecule has 3 heterocycles. The van der Waals surface area contributed by atoms with E-state index in [0.717, 1.165) is 30.2 Å². The maximum atomic E-state index is 11.0. The van der Waals surface area contributed by atoms with Crippen LogP contribution in [-0.2, 0) is 24.1 Å². The number of aldehydes is 1. The summed E-state index contributed by atoms with van der Waals surface area (Å²) in [5, 5.41) is 12.3. The Morgan fingerprint density at radius 3 is 2.81 bits per heavy atom. The van der Waals surface area contributed by atoms with Gasteiger partial charge in [0.25, 0.3) is 0 Å². The molecule has 0 spiro atoms. The number of carbonyl (C=O) groups is 1. The Morgan fingerprint density at radius 1 is 1.29 bits per heavy atom. The number of aromatic hydroxyl groups is 1. The van der Waals surface area contributed by atoms with Gasteiger partial charge < -0.3 is 14.3 Å². The van der Waals surface area contributed by atoms with Crippen molar-refractivity contribution in [1.82, 2.24) is 4.40 Å². The van der Waals surface area contributed by atoms with E-state index in [9.17, 15) is 9.90 Å². The average Bonchev–Trinajstić information content (AvgIpc) is 3.08. The zero-order valence-corrected chi connectivity index (χ0v) is 12.7. The SMILES string of the molecule is CCc1c(CC=O)c2c(O)cccn2c1Cc1cccs1. The van der Waals surface area contributed by atoms with Crippen molar-refractivity contribution >= 4 is 23.1 Å². The maximum absolute atomic E-state index is 11.0. The minimum absolute atomic E-state index is 0.237. The molecule has 0 atom stereocenters. The molecule has 0 aliphatic rings. The lowest BCUT2D eigenvalue weighted by molar-refractivity contribution is -0.107. The summed E-state index contributed by atoms with van der Waals surface area (Å²) < 4.78 is 2.03. The van der Waals surface area contributed by atoms with Gasteiger partial charge in [-0.25, -0.2) is 0 Å². The van der Waals surface area contributed by atoms with Gasteiger partial charge in [-0.1, -0.05) is 13.0 Å². The maximum Gasteiger partial charge on any atom is 0.139 e. The Bertz CT molecular complexity index is 772. The fourth-order valence-electron chi connectivity index (χ4n) is 2.98. The fourth-order valence-corrected chi connectivity index (χ4v) is 3.68. The molecule has 0 aromatic carbocycles. The molecule has 3 aromatic heterocycles. The third-order valence-electron chi connectivity index (χ3n) is 3.82. The summed E-state index contributed by atoms with van der Waals surface area (Å²) in [5.74, 6) is 0.237. The van der Waals surface area contributed by atoms with E-state index in [2.05, 4.69) is 18.4 Å². The van der Waals surface area contributed by atoms with Gasteiger partial charge in [-0.2, -0.15) is 0 Å². The molecule has 0 aliphatic carbocycles. The van der Waals surface area contributed by atoms with Gasteiger partial charge in [-0.05, 0) is 41.1 Å². The molecule has 3 rings (SSSR count).